The lowest BCUT2D eigenvalue weighted by molar-refractivity contribution is 0.710. The van der Waals surface area contributed by atoms with Crippen molar-refractivity contribution in [2.45, 2.75) is 26.3 Å². The van der Waals surface area contributed by atoms with E-state index in [1.54, 1.807) is 0 Å². The SMILES string of the molecule is CC(C)N1CCc2ccccc21. The molecule has 0 N–H and O–H groups in total. The normalized spacial score (nSPS) is 15.4. The molecule has 1 nitrogen and oxygen atoms in total. The van der Waals surface area contributed by atoms with Crippen molar-refractivity contribution in [2.24, 2.45) is 0 Å². The minimum Gasteiger partial charge on any atom is -0.369 e. The van der Waals surface area contributed by atoms with Crippen LogP contribution in [0.3, 0.4) is 0 Å². The Kier molecular flexibility index (Phi) is 1.80. The van der Waals surface area contributed by atoms with Crippen LogP contribution in [-0.4, -0.2) is 12.6 Å². The second-order valence-corrected chi connectivity index (χ2v) is 3.67. The van der Waals surface area contributed by atoms with Crippen molar-refractivity contribution >= 4 is 5.69 Å². The molecule has 0 bridgehead atoms. The van der Waals surface area contributed by atoms with Crippen LogP contribution < -0.4 is 4.90 Å². The second-order valence-electron chi connectivity index (χ2n) is 3.67. The molecule has 1 aliphatic rings. The first-order chi connectivity index (χ1) is 5.79. The van der Waals surface area contributed by atoms with Crippen molar-refractivity contribution in [3.05, 3.63) is 29.8 Å². The first-order valence-electron chi connectivity index (χ1n) is 4.63. The average Bonchev–Trinajstić information content (AvgIpc) is 2.47. The maximum Gasteiger partial charge on any atom is 0.0401 e. The number of fused-ring (bicyclic) bond motifs is 1. The zero-order valence-corrected chi connectivity index (χ0v) is 7.75. The van der Waals surface area contributed by atoms with Gasteiger partial charge in [-0.25, -0.2) is 0 Å². The Morgan fingerprint density at radius 3 is 2.75 bits per heavy atom. The summed E-state index contributed by atoms with van der Waals surface area (Å²) in [6.07, 6.45) is 1.22. The van der Waals surface area contributed by atoms with Gasteiger partial charge in [-0.3, -0.25) is 0 Å². The predicted molar refractivity (Wildman–Crippen MR) is 52.6 cm³/mol. The molecule has 1 heteroatoms. The van der Waals surface area contributed by atoms with E-state index in [0.29, 0.717) is 6.04 Å². The fourth-order valence-electron chi connectivity index (χ4n) is 1.90. The van der Waals surface area contributed by atoms with E-state index < -0.39 is 0 Å². The van der Waals surface area contributed by atoms with E-state index in [-0.39, 0.29) is 0 Å². The van der Waals surface area contributed by atoms with Crippen molar-refractivity contribution in [1.29, 1.82) is 0 Å². The quantitative estimate of drug-likeness (QED) is 0.611. The molecule has 0 saturated carbocycles. The Morgan fingerprint density at radius 1 is 1.25 bits per heavy atom. The summed E-state index contributed by atoms with van der Waals surface area (Å²) >= 11 is 0. The lowest BCUT2D eigenvalue weighted by Crippen LogP contribution is -2.28. The van der Waals surface area contributed by atoms with Gasteiger partial charge in [0, 0.05) is 18.3 Å². The summed E-state index contributed by atoms with van der Waals surface area (Å²) in [5.74, 6) is 0. The maximum absolute atomic E-state index is 2.47. The molecule has 1 aliphatic heterocycles. The van der Waals surface area contributed by atoms with Gasteiger partial charge < -0.3 is 4.90 Å². The van der Waals surface area contributed by atoms with Crippen LogP contribution in [0.1, 0.15) is 19.4 Å². The Bertz CT molecular complexity index is 278. The van der Waals surface area contributed by atoms with Crippen molar-refractivity contribution in [1.82, 2.24) is 0 Å². The van der Waals surface area contributed by atoms with Gasteiger partial charge in [-0.1, -0.05) is 18.2 Å². The molecule has 0 aromatic heterocycles. The molecular weight excluding hydrogens is 146 g/mol. The average molecular weight is 161 g/mol. The van der Waals surface area contributed by atoms with Gasteiger partial charge in [-0.15, -0.1) is 0 Å². The third kappa shape index (κ3) is 1.09. The number of rotatable bonds is 1. The highest BCUT2D eigenvalue weighted by atomic mass is 15.2. The Morgan fingerprint density at radius 2 is 2.00 bits per heavy atom. The fraction of sp³-hybridized carbons (Fsp3) is 0.455. The molecular formula is C11H15N. The molecule has 0 saturated heterocycles. The number of nitrogens with zero attached hydrogens (tertiary/aromatic N) is 1. The summed E-state index contributed by atoms with van der Waals surface area (Å²) in [5, 5.41) is 0. The van der Waals surface area contributed by atoms with Crippen LogP contribution in [0.25, 0.3) is 0 Å². The van der Waals surface area contributed by atoms with Crippen molar-refractivity contribution < 1.29 is 0 Å². The first-order valence-corrected chi connectivity index (χ1v) is 4.63. The topological polar surface area (TPSA) is 3.24 Å². The van der Waals surface area contributed by atoms with E-state index in [2.05, 4.69) is 43.0 Å². The highest BCUT2D eigenvalue weighted by Crippen LogP contribution is 2.28. The van der Waals surface area contributed by atoms with Gasteiger partial charge in [-0.05, 0) is 31.9 Å². The Labute approximate surface area is 74.0 Å². The summed E-state index contributed by atoms with van der Waals surface area (Å²) < 4.78 is 0. The standard InChI is InChI=1S/C11H15N/c1-9(2)12-8-7-10-5-3-4-6-11(10)12/h3-6,9H,7-8H2,1-2H3. The number of benzene rings is 1. The monoisotopic (exact) mass is 161 g/mol. The predicted octanol–water partition coefficient (Wildman–Crippen LogP) is 2.46. The molecule has 0 amide bonds. The largest absolute Gasteiger partial charge is 0.369 e. The molecule has 0 atom stereocenters. The summed E-state index contributed by atoms with van der Waals surface area (Å²) in [4.78, 5) is 2.47. The maximum atomic E-state index is 2.47. The molecule has 0 unspecified atom stereocenters. The highest BCUT2D eigenvalue weighted by molar-refractivity contribution is 5.58. The van der Waals surface area contributed by atoms with Crippen LogP contribution in [0.2, 0.25) is 0 Å². The minimum atomic E-state index is 0.633. The van der Waals surface area contributed by atoms with Crippen molar-refractivity contribution in [2.75, 3.05) is 11.4 Å². The zero-order valence-electron chi connectivity index (χ0n) is 7.75. The minimum absolute atomic E-state index is 0.633. The van der Waals surface area contributed by atoms with Crippen LogP contribution in [0, 0.1) is 0 Å². The number of para-hydroxylation sites is 1. The summed E-state index contributed by atoms with van der Waals surface area (Å²) in [6.45, 7) is 5.70. The Balaban J connectivity index is 2.36. The summed E-state index contributed by atoms with van der Waals surface area (Å²) in [6, 6.07) is 9.34. The highest BCUT2D eigenvalue weighted by Gasteiger charge is 2.19. The molecule has 0 fully saturated rings. The van der Waals surface area contributed by atoms with Gasteiger partial charge in [0.1, 0.15) is 0 Å². The molecule has 12 heavy (non-hydrogen) atoms. The van der Waals surface area contributed by atoms with Crippen LogP contribution in [0.4, 0.5) is 5.69 Å². The zero-order chi connectivity index (χ0) is 8.55. The Hall–Kier alpha value is -0.980. The van der Waals surface area contributed by atoms with Crippen molar-refractivity contribution in [3.8, 4) is 0 Å². The molecule has 1 aromatic rings. The van der Waals surface area contributed by atoms with Crippen LogP contribution in [0.15, 0.2) is 24.3 Å². The molecule has 0 radical (unpaired) electrons. The van der Waals surface area contributed by atoms with Crippen LogP contribution >= 0.6 is 0 Å². The third-order valence-electron chi connectivity index (χ3n) is 2.55. The van der Waals surface area contributed by atoms with E-state index >= 15 is 0 Å². The van der Waals surface area contributed by atoms with E-state index in [9.17, 15) is 0 Å². The number of hydrogen-bond acceptors (Lipinski definition) is 1. The molecule has 1 aromatic carbocycles. The van der Waals surface area contributed by atoms with Gasteiger partial charge in [-0.2, -0.15) is 0 Å². The number of anilines is 1. The smallest absolute Gasteiger partial charge is 0.0401 e. The van der Waals surface area contributed by atoms with Crippen LogP contribution in [0.5, 0.6) is 0 Å². The molecule has 0 aliphatic carbocycles. The first kappa shape index (κ1) is 7.66. The molecule has 64 valence electrons. The fourth-order valence-corrected chi connectivity index (χ4v) is 1.90. The summed E-state index contributed by atoms with van der Waals surface area (Å²) in [5.41, 5.74) is 2.94. The second kappa shape index (κ2) is 2.81. The molecule has 0 spiro atoms. The van der Waals surface area contributed by atoms with Gasteiger partial charge >= 0.3 is 0 Å². The van der Waals surface area contributed by atoms with E-state index in [1.165, 1.54) is 24.2 Å². The van der Waals surface area contributed by atoms with Crippen LogP contribution in [-0.2, 0) is 6.42 Å². The van der Waals surface area contributed by atoms with Gasteiger partial charge in [0.25, 0.3) is 0 Å². The van der Waals surface area contributed by atoms with E-state index in [0.717, 1.165) is 0 Å². The third-order valence-corrected chi connectivity index (χ3v) is 2.55. The lowest BCUT2D eigenvalue weighted by Gasteiger charge is -2.23. The summed E-state index contributed by atoms with van der Waals surface area (Å²) in [7, 11) is 0. The van der Waals surface area contributed by atoms with E-state index in [4.69, 9.17) is 0 Å². The molecule has 1 heterocycles. The molecule has 2 rings (SSSR count). The van der Waals surface area contributed by atoms with Gasteiger partial charge in [0.15, 0.2) is 0 Å². The van der Waals surface area contributed by atoms with Gasteiger partial charge in [0.2, 0.25) is 0 Å². The van der Waals surface area contributed by atoms with Crippen molar-refractivity contribution in [3.63, 3.8) is 0 Å². The lowest BCUT2D eigenvalue weighted by atomic mass is 10.2. The van der Waals surface area contributed by atoms with E-state index in [1.807, 2.05) is 0 Å². The number of hydrogen-bond donors (Lipinski definition) is 0. The van der Waals surface area contributed by atoms with Gasteiger partial charge in [0.05, 0.1) is 0 Å².